The van der Waals surface area contributed by atoms with E-state index < -0.39 is 11.8 Å². The Morgan fingerprint density at radius 2 is 1.71 bits per heavy atom. The van der Waals surface area contributed by atoms with Crippen molar-refractivity contribution in [1.82, 2.24) is 5.32 Å². The van der Waals surface area contributed by atoms with E-state index in [0.29, 0.717) is 24.6 Å². The van der Waals surface area contributed by atoms with Gasteiger partial charge in [0.2, 0.25) is 0 Å². The molecular formula is C19H28N2O3. The second-order valence-corrected chi connectivity index (χ2v) is 5.60. The van der Waals surface area contributed by atoms with E-state index in [4.69, 9.17) is 4.74 Å². The average Bonchev–Trinajstić information content (AvgIpc) is 2.60. The van der Waals surface area contributed by atoms with Crippen LogP contribution in [0.4, 0.5) is 5.69 Å². The van der Waals surface area contributed by atoms with Crippen molar-refractivity contribution in [3.63, 3.8) is 0 Å². The first kappa shape index (κ1) is 19.7. The molecule has 0 fully saturated rings. The van der Waals surface area contributed by atoms with Crippen molar-refractivity contribution >= 4 is 17.5 Å². The van der Waals surface area contributed by atoms with Gasteiger partial charge in [-0.3, -0.25) is 9.59 Å². The number of benzene rings is 1. The Balaban J connectivity index is 2.23. The molecule has 0 aromatic heterocycles. The SMILES string of the molecule is C=CCOc1ccc(NC(=O)C(=O)NCCCCCCCC)cc1. The first-order chi connectivity index (χ1) is 11.7. The second kappa shape index (κ2) is 12.2. The Morgan fingerprint density at radius 3 is 2.38 bits per heavy atom. The number of ether oxygens (including phenoxy) is 1. The molecule has 0 heterocycles. The largest absolute Gasteiger partial charge is 0.490 e. The van der Waals surface area contributed by atoms with Crippen LogP contribution in [0.2, 0.25) is 0 Å². The molecule has 0 spiro atoms. The van der Waals surface area contributed by atoms with Crippen LogP contribution in [-0.2, 0) is 9.59 Å². The lowest BCUT2D eigenvalue weighted by atomic mass is 10.1. The summed E-state index contributed by atoms with van der Waals surface area (Å²) in [7, 11) is 0. The van der Waals surface area contributed by atoms with E-state index in [1.54, 1.807) is 30.3 Å². The molecule has 24 heavy (non-hydrogen) atoms. The van der Waals surface area contributed by atoms with Gasteiger partial charge in [0.1, 0.15) is 12.4 Å². The van der Waals surface area contributed by atoms with Crippen LogP contribution in [0.5, 0.6) is 5.75 Å². The minimum atomic E-state index is -0.652. The monoisotopic (exact) mass is 332 g/mol. The van der Waals surface area contributed by atoms with Crippen LogP contribution in [0.1, 0.15) is 45.4 Å². The molecule has 0 aliphatic carbocycles. The first-order valence-electron chi connectivity index (χ1n) is 8.60. The summed E-state index contributed by atoms with van der Waals surface area (Å²) in [5, 5.41) is 5.21. The van der Waals surface area contributed by atoms with Crippen LogP contribution >= 0.6 is 0 Å². The Morgan fingerprint density at radius 1 is 1.04 bits per heavy atom. The van der Waals surface area contributed by atoms with E-state index in [1.165, 1.54) is 25.7 Å². The number of carbonyl (C=O) groups is 2. The lowest BCUT2D eigenvalue weighted by Crippen LogP contribution is -2.35. The van der Waals surface area contributed by atoms with Gasteiger partial charge in [0.25, 0.3) is 0 Å². The zero-order chi connectivity index (χ0) is 17.6. The molecule has 0 radical (unpaired) electrons. The van der Waals surface area contributed by atoms with Crippen LogP contribution in [-0.4, -0.2) is 25.0 Å². The molecule has 0 aliphatic rings. The van der Waals surface area contributed by atoms with Gasteiger partial charge in [0.15, 0.2) is 0 Å². The Hall–Kier alpha value is -2.30. The van der Waals surface area contributed by atoms with Gasteiger partial charge in [0.05, 0.1) is 0 Å². The Kier molecular flexibility index (Phi) is 10.0. The quantitative estimate of drug-likeness (QED) is 0.369. The smallest absolute Gasteiger partial charge is 0.313 e. The molecule has 5 nitrogen and oxygen atoms in total. The fraction of sp³-hybridized carbons (Fsp3) is 0.474. The molecule has 1 rings (SSSR count). The summed E-state index contributed by atoms with van der Waals surface area (Å²) < 4.78 is 5.35. The lowest BCUT2D eigenvalue weighted by Gasteiger charge is -2.08. The van der Waals surface area contributed by atoms with E-state index in [1.807, 2.05) is 0 Å². The fourth-order valence-corrected chi connectivity index (χ4v) is 2.17. The maximum absolute atomic E-state index is 11.8. The molecule has 2 amide bonds. The third kappa shape index (κ3) is 8.36. The summed E-state index contributed by atoms with van der Waals surface area (Å²) in [5.74, 6) is -0.572. The number of amides is 2. The number of unbranched alkanes of at least 4 members (excludes halogenated alkanes) is 5. The maximum Gasteiger partial charge on any atom is 0.313 e. The predicted molar refractivity (Wildman–Crippen MR) is 97.1 cm³/mol. The van der Waals surface area contributed by atoms with Crippen LogP contribution in [0.15, 0.2) is 36.9 Å². The van der Waals surface area contributed by atoms with Crippen LogP contribution in [0.3, 0.4) is 0 Å². The number of nitrogens with one attached hydrogen (secondary N) is 2. The van der Waals surface area contributed by atoms with Crippen molar-refractivity contribution in [3.05, 3.63) is 36.9 Å². The van der Waals surface area contributed by atoms with Crippen LogP contribution in [0, 0.1) is 0 Å². The van der Waals surface area contributed by atoms with Gasteiger partial charge in [-0.25, -0.2) is 0 Å². The van der Waals surface area contributed by atoms with Crippen molar-refractivity contribution in [2.75, 3.05) is 18.5 Å². The Bertz CT molecular complexity index is 512. The van der Waals surface area contributed by atoms with Gasteiger partial charge in [0, 0.05) is 12.2 Å². The lowest BCUT2D eigenvalue weighted by molar-refractivity contribution is -0.136. The average molecular weight is 332 g/mol. The molecule has 0 atom stereocenters. The van der Waals surface area contributed by atoms with Crippen molar-refractivity contribution in [2.24, 2.45) is 0 Å². The molecule has 1 aromatic carbocycles. The topological polar surface area (TPSA) is 67.4 Å². The maximum atomic E-state index is 11.8. The molecule has 0 aliphatic heterocycles. The van der Waals surface area contributed by atoms with Crippen molar-refractivity contribution in [1.29, 1.82) is 0 Å². The molecule has 0 saturated carbocycles. The minimum Gasteiger partial charge on any atom is -0.490 e. The highest BCUT2D eigenvalue weighted by molar-refractivity contribution is 6.39. The molecule has 132 valence electrons. The van der Waals surface area contributed by atoms with E-state index >= 15 is 0 Å². The number of hydrogen-bond donors (Lipinski definition) is 2. The molecular weight excluding hydrogens is 304 g/mol. The van der Waals surface area contributed by atoms with E-state index in [0.717, 1.165) is 12.8 Å². The molecule has 5 heteroatoms. The van der Waals surface area contributed by atoms with E-state index in [-0.39, 0.29) is 0 Å². The molecule has 0 unspecified atom stereocenters. The van der Waals surface area contributed by atoms with Crippen molar-refractivity contribution in [3.8, 4) is 5.75 Å². The summed E-state index contributed by atoms with van der Waals surface area (Å²) in [6, 6.07) is 6.84. The summed E-state index contributed by atoms with van der Waals surface area (Å²) in [5.41, 5.74) is 0.556. The number of rotatable bonds is 11. The van der Waals surface area contributed by atoms with Gasteiger partial charge in [-0.05, 0) is 30.7 Å². The minimum absolute atomic E-state index is 0.423. The number of carbonyl (C=O) groups excluding carboxylic acids is 2. The first-order valence-corrected chi connectivity index (χ1v) is 8.60. The molecule has 1 aromatic rings. The van der Waals surface area contributed by atoms with Gasteiger partial charge < -0.3 is 15.4 Å². The molecule has 2 N–H and O–H groups in total. The van der Waals surface area contributed by atoms with Gasteiger partial charge in [-0.15, -0.1) is 0 Å². The van der Waals surface area contributed by atoms with E-state index in [9.17, 15) is 9.59 Å². The summed E-state index contributed by atoms with van der Waals surface area (Å²) >= 11 is 0. The van der Waals surface area contributed by atoms with E-state index in [2.05, 4.69) is 24.1 Å². The highest BCUT2D eigenvalue weighted by atomic mass is 16.5. The number of hydrogen-bond acceptors (Lipinski definition) is 3. The zero-order valence-electron chi connectivity index (χ0n) is 14.5. The third-order valence-electron chi connectivity index (χ3n) is 3.50. The van der Waals surface area contributed by atoms with Crippen molar-refractivity contribution < 1.29 is 14.3 Å². The second-order valence-electron chi connectivity index (χ2n) is 5.60. The molecule has 0 bridgehead atoms. The third-order valence-corrected chi connectivity index (χ3v) is 3.50. The standard InChI is InChI=1S/C19H28N2O3/c1-3-5-6-7-8-9-14-20-18(22)19(23)21-16-10-12-17(13-11-16)24-15-4-2/h4,10-13H,2-3,5-9,14-15H2,1H3,(H,20,22)(H,21,23). The van der Waals surface area contributed by atoms with Crippen LogP contribution in [0.25, 0.3) is 0 Å². The normalized spacial score (nSPS) is 10.0. The fourth-order valence-electron chi connectivity index (χ4n) is 2.17. The summed E-state index contributed by atoms with van der Waals surface area (Å²) in [4.78, 5) is 23.5. The zero-order valence-corrected chi connectivity index (χ0v) is 14.5. The predicted octanol–water partition coefficient (Wildman–Crippen LogP) is 3.67. The van der Waals surface area contributed by atoms with Gasteiger partial charge >= 0.3 is 11.8 Å². The highest BCUT2D eigenvalue weighted by Gasteiger charge is 2.12. The molecule has 0 saturated heterocycles. The highest BCUT2D eigenvalue weighted by Crippen LogP contribution is 2.15. The van der Waals surface area contributed by atoms with Gasteiger partial charge in [-0.2, -0.15) is 0 Å². The summed E-state index contributed by atoms with van der Waals surface area (Å²) in [6.07, 6.45) is 8.52. The number of anilines is 1. The Labute approximate surface area is 144 Å². The summed E-state index contributed by atoms with van der Waals surface area (Å²) in [6.45, 7) is 6.71. The van der Waals surface area contributed by atoms with Crippen molar-refractivity contribution in [2.45, 2.75) is 45.4 Å². The van der Waals surface area contributed by atoms with Crippen LogP contribution < -0.4 is 15.4 Å². The van der Waals surface area contributed by atoms with Gasteiger partial charge in [-0.1, -0.05) is 51.7 Å².